The van der Waals surface area contributed by atoms with Crippen molar-refractivity contribution in [2.24, 2.45) is 17.4 Å². The third-order valence-electron chi connectivity index (χ3n) is 1.74. The molecule has 0 aliphatic carbocycles. The zero-order chi connectivity index (χ0) is 6.69. The molecule has 0 amide bonds. The van der Waals surface area contributed by atoms with Gasteiger partial charge in [0.15, 0.2) is 0 Å². The molecule has 1 saturated heterocycles. The summed E-state index contributed by atoms with van der Waals surface area (Å²) in [4.78, 5) is 0. The molecule has 3 heteroatoms. The largest absolute Gasteiger partial charge is 0.381 e. The van der Waals surface area contributed by atoms with E-state index in [-0.39, 0.29) is 6.17 Å². The molecule has 1 aliphatic heterocycles. The highest BCUT2D eigenvalue weighted by atomic mass is 16.5. The Balaban J connectivity index is 2.23. The van der Waals surface area contributed by atoms with E-state index < -0.39 is 0 Å². The molecule has 1 atom stereocenters. The molecule has 1 unspecified atom stereocenters. The Morgan fingerprint density at radius 1 is 1.44 bits per heavy atom. The minimum absolute atomic E-state index is 0.190. The lowest BCUT2D eigenvalue weighted by molar-refractivity contribution is 0.0458. The fourth-order valence-corrected chi connectivity index (χ4v) is 1.07. The van der Waals surface area contributed by atoms with Crippen LogP contribution in [-0.4, -0.2) is 19.4 Å². The van der Waals surface area contributed by atoms with E-state index in [0.29, 0.717) is 5.92 Å². The Kier molecular flexibility index (Phi) is 2.45. The van der Waals surface area contributed by atoms with Gasteiger partial charge >= 0.3 is 0 Å². The number of nitrogens with two attached hydrogens (primary N) is 2. The first-order valence-corrected chi connectivity index (χ1v) is 3.39. The highest BCUT2D eigenvalue weighted by Crippen LogP contribution is 2.13. The van der Waals surface area contributed by atoms with E-state index in [1.165, 1.54) is 0 Å². The number of rotatable bonds is 1. The molecule has 54 valence electrons. The molecule has 9 heavy (non-hydrogen) atoms. The Hall–Kier alpha value is -0.120. The summed E-state index contributed by atoms with van der Waals surface area (Å²) < 4.78 is 5.18. The van der Waals surface area contributed by atoms with E-state index in [9.17, 15) is 0 Å². The van der Waals surface area contributed by atoms with Gasteiger partial charge in [-0.05, 0) is 12.8 Å². The third kappa shape index (κ3) is 1.93. The van der Waals surface area contributed by atoms with Crippen molar-refractivity contribution in [1.82, 2.24) is 0 Å². The van der Waals surface area contributed by atoms with Gasteiger partial charge < -0.3 is 16.2 Å². The van der Waals surface area contributed by atoms with Crippen LogP contribution in [0.25, 0.3) is 0 Å². The van der Waals surface area contributed by atoms with E-state index >= 15 is 0 Å². The first kappa shape index (κ1) is 6.99. The van der Waals surface area contributed by atoms with E-state index in [1.54, 1.807) is 0 Å². The molecule has 1 fully saturated rings. The standard InChI is InChI=1S/C6H14N2O/c7-6(8)5-2-1-3-9-4-5/h5-6H,1-4,7-8H2. The van der Waals surface area contributed by atoms with Gasteiger partial charge in [0, 0.05) is 12.5 Å². The fraction of sp³-hybridized carbons (Fsp3) is 1.00. The maximum atomic E-state index is 5.46. The van der Waals surface area contributed by atoms with E-state index in [2.05, 4.69) is 0 Å². The van der Waals surface area contributed by atoms with Gasteiger partial charge in [-0.15, -0.1) is 0 Å². The lowest BCUT2D eigenvalue weighted by atomic mass is 10.00. The predicted octanol–water partition coefficient (Wildman–Crippen LogP) is -0.344. The monoisotopic (exact) mass is 130 g/mol. The van der Waals surface area contributed by atoms with Crippen LogP contribution in [-0.2, 0) is 4.74 Å². The van der Waals surface area contributed by atoms with Gasteiger partial charge in [-0.2, -0.15) is 0 Å². The molecule has 1 aliphatic rings. The number of ether oxygens (including phenoxy) is 1. The van der Waals surface area contributed by atoms with Gasteiger partial charge in [0.25, 0.3) is 0 Å². The van der Waals surface area contributed by atoms with Crippen LogP contribution in [0.2, 0.25) is 0 Å². The highest BCUT2D eigenvalue weighted by Gasteiger charge is 2.17. The van der Waals surface area contributed by atoms with Crippen molar-refractivity contribution in [3.8, 4) is 0 Å². The summed E-state index contributed by atoms with van der Waals surface area (Å²) in [5, 5.41) is 0. The summed E-state index contributed by atoms with van der Waals surface area (Å²) in [6.07, 6.45) is 2.04. The second-order valence-electron chi connectivity index (χ2n) is 2.55. The van der Waals surface area contributed by atoms with Crippen LogP contribution in [0.15, 0.2) is 0 Å². The fourth-order valence-electron chi connectivity index (χ4n) is 1.07. The SMILES string of the molecule is NC(N)C1CCCOC1. The maximum Gasteiger partial charge on any atom is 0.0572 e. The molecular formula is C6H14N2O. The molecule has 3 nitrogen and oxygen atoms in total. The summed E-state index contributed by atoms with van der Waals surface area (Å²) in [7, 11) is 0. The van der Waals surface area contributed by atoms with Crippen molar-refractivity contribution in [3.05, 3.63) is 0 Å². The summed E-state index contributed by atoms with van der Waals surface area (Å²) in [5.74, 6) is 0.388. The quantitative estimate of drug-likeness (QED) is 0.477. The van der Waals surface area contributed by atoms with Crippen LogP contribution in [0.5, 0.6) is 0 Å². The highest BCUT2D eigenvalue weighted by molar-refractivity contribution is 4.69. The molecule has 0 aromatic rings. The summed E-state index contributed by atoms with van der Waals surface area (Å²) in [5.41, 5.74) is 10.9. The third-order valence-corrected chi connectivity index (χ3v) is 1.74. The molecule has 0 spiro atoms. The second-order valence-corrected chi connectivity index (χ2v) is 2.55. The molecule has 0 aromatic heterocycles. The lowest BCUT2D eigenvalue weighted by Crippen LogP contribution is -2.42. The van der Waals surface area contributed by atoms with Gasteiger partial charge in [0.1, 0.15) is 0 Å². The Bertz CT molecular complexity index is 79.1. The second kappa shape index (κ2) is 3.15. The molecule has 0 saturated carbocycles. The smallest absolute Gasteiger partial charge is 0.0572 e. The van der Waals surface area contributed by atoms with Crippen LogP contribution in [0.1, 0.15) is 12.8 Å². The Labute approximate surface area is 55.4 Å². The predicted molar refractivity (Wildman–Crippen MR) is 35.7 cm³/mol. The summed E-state index contributed by atoms with van der Waals surface area (Å²) in [6.45, 7) is 1.63. The van der Waals surface area contributed by atoms with Crippen molar-refractivity contribution in [2.75, 3.05) is 13.2 Å². The average molecular weight is 130 g/mol. The molecule has 0 aromatic carbocycles. The van der Waals surface area contributed by atoms with Crippen LogP contribution in [0.4, 0.5) is 0 Å². The van der Waals surface area contributed by atoms with Gasteiger partial charge in [-0.3, -0.25) is 0 Å². The van der Waals surface area contributed by atoms with Gasteiger partial charge in [0.2, 0.25) is 0 Å². The normalized spacial score (nSPS) is 29.0. The molecule has 1 heterocycles. The first-order chi connectivity index (χ1) is 4.30. The van der Waals surface area contributed by atoms with Crippen molar-refractivity contribution in [2.45, 2.75) is 19.0 Å². The lowest BCUT2D eigenvalue weighted by Gasteiger charge is -2.24. The summed E-state index contributed by atoms with van der Waals surface area (Å²) in [6, 6.07) is 0. The van der Waals surface area contributed by atoms with Crippen molar-refractivity contribution in [1.29, 1.82) is 0 Å². The molecule has 0 bridgehead atoms. The van der Waals surface area contributed by atoms with Gasteiger partial charge in [-0.1, -0.05) is 0 Å². The molecule has 1 rings (SSSR count). The first-order valence-electron chi connectivity index (χ1n) is 3.39. The van der Waals surface area contributed by atoms with E-state index in [1.807, 2.05) is 0 Å². The molecule has 4 N–H and O–H groups in total. The Morgan fingerprint density at radius 2 is 2.22 bits per heavy atom. The number of hydrogen-bond acceptors (Lipinski definition) is 3. The van der Waals surface area contributed by atoms with E-state index in [4.69, 9.17) is 16.2 Å². The number of hydrogen-bond donors (Lipinski definition) is 2. The van der Waals surface area contributed by atoms with Crippen LogP contribution >= 0.6 is 0 Å². The summed E-state index contributed by atoms with van der Waals surface area (Å²) >= 11 is 0. The minimum atomic E-state index is -0.190. The van der Waals surface area contributed by atoms with Gasteiger partial charge in [-0.25, -0.2) is 0 Å². The van der Waals surface area contributed by atoms with Crippen molar-refractivity contribution in [3.63, 3.8) is 0 Å². The molecule has 0 radical (unpaired) electrons. The van der Waals surface area contributed by atoms with Crippen LogP contribution in [0, 0.1) is 5.92 Å². The van der Waals surface area contributed by atoms with Crippen LogP contribution < -0.4 is 11.5 Å². The maximum absolute atomic E-state index is 5.46. The minimum Gasteiger partial charge on any atom is -0.381 e. The molecular weight excluding hydrogens is 116 g/mol. The average Bonchev–Trinajstić information content (AvgIpc) is 1.90. The van der Waals surface area contributed by atoms with Gasteiger partial charge in [0.05, 0.1) is 12.8 Å². The van der Waals surface area contributed by atoms with Crippen molar-refractivity contribution < 1.29 is 4.74 Å². The zero-order valence-corrected chi connectivity index (χ0v) is 5.55. The van der Waals surface area contributed by atoms with E-state index in [0.717, 1.165) is 26.1 Å². The topological polar surface area (TPSA) is 61.3 Å². The Morgan fingerprint density at radius 3 is 2.56 bits per heavy atom. The van der Waals surface area contributed by atoms with Crippen molar-refractivity contribution >= 4 is 0 Å². The zero-order valence-electron chi connectivity index (χ0n) is 5.55. The van der Waals surface area contributed by atoms with Crippen LogP contribution in [0.3, 0.4) is 0 Å².